The second-order valence-electron chi connectivity index (χ2n) is 4.89. The largest absolute Gasteiger partial charge is 0.476 e. The minimum atomic E-state index is -2.61. The number of alkyl halides is 2. The Kier molecular flexibility index (Phi) is 4.08. The first-order chi connectivity index (χ1) is 9.28. The van der Waals surface area contributed by atoms with Gasteiger partial charge in [0.25, 0.3) is 0 Å². The van der Waals surface area contributed by atoms with Gasteiger partial charge in [-0.1, -0.05) is 0 Å². The molecule has 1 heterocycles. The van der Waals surface area contributed by atoms with Gasteiger partial charge >= 0.3 is 5.97 Å². The van der Waals surface area contributed by atoms with Gasteiger partial charge in [-0.3, -0.25) is 0 Å². The summed E-state index contributed by atoms with van der Waals surface area (Å²) in [5.41, 5.74) is 0.160. The molecule has 1 aliphatic rings. The predicted octanol–water partition coefficient (Wildman–Crippen LogP) is 3.13. The molecule has 0 aliphatic heterocycles. The Morgan fingerprint density at radius 2 is 2.00 bits per heavy atom. The van der Waals surface area contributed by atoms with Crippen LogP contribution in [0.5, 0.6) is 0 Å². The van der Waals surface area contributed by atoms with Crippen molar-refractivity contribution in [2.24, 2.45) is 0 Å². The molecule has 1 aromatic heterocycles. The van der Waals surface area contributed by atoms with Gasteiger partial charge in [-0.05, 0) is 31.4 Å². The molecule has 2 rings (SSSR count). The maximum Gasteiger partial charge on any atom is 0.355 e. The number of nitrogens with one attached hydrogen (secondary N) is 1. The zero-order valence-electron chi connectivity index (χ0n) is 10.8. The smallest absolute Gasteiger partial charge is 0.355 e. The zero-order chi connectivity index (χ0) is 14.9. The van der Waals surface area contributed by atoms with Crippen LogP contribution in [0.2, 0.25) is 5.28 Å². The van der Waals surface area contributed by atoms with Gasteiger partial charge in [0.05, 0.1) is 0 Å². The van der Waals surface area contributed by atoms with Crippen molar-refractivity contribution in [3.63, 3.8) is 0 Å². The molecule has 0 atom stereocenters. The van der Waals surface area contributed by atoms with Crippen molar-refractivity contribution in [2.75, 3.05) is 5.32 Å². The molecule has 20 heavy (non-hydrogen) atoms. The number of hydrogen-bond donors (Lipinski definition) is 2. The second-order valence-corrected chi connectivity index (χ2v) is 5.23. The van der Waals surface area contributed by atoms with Crippen LogP contribution in [0, 0.1) is 6.92 Å². The number of carboxylic acids is 1. The molecule has 0 radical (unpaired) electrons. The lowest BCUT2D eigenvalue weighted by Gasteiger charge is -2.29. The van der Waals surface area contributed by atoms with Gasteiger partial charge in [0, 0.05) is 24.4 Å². The summed E-state index contributed by atoms with van der Waals surface area (Å²) >= 11 is 5.68. The van der Waals surface area contributed by atoms with Crippen molar-refractivity contribution >= 4 is 23.4 Å². The summed E-state index contributed by atoms with van der Waals surface area (Å²) in [4.78, 5) is 18.6. The predicted molar refractivity (Wildman–Crippen MR) is 69.6 cm³/mol. The fraction of sp³-hybridized carbons (Fsp3) is 0.583. The molecular formula is C12H14ClF2N3O2. The number of aromatic carboxylic acids is 1. The number of carbonyl (C=O) groups is 1. The lowest BCUT2D eigenvalue weighted by atomic mass is 9.92. The summed E-state index contributed by atoms with van der Waals surface area (Å²) in [6.07, 6.45) is 0.232. The van der Waals surface area contributed by atoms with E-state index in [9.17, 15) is 13.6 Å². The Bertz CT molecular complexity index is 530. The van der Waals surface area contributed by atoms with Crippen LogP contribution in [-0.2, 0) is 0 Å². The monoisotopic (exact) mass is 305 g/mol. The zero-order valence-corrected chi connectivity index (χ0v) is 11.5. The molecule has 5 nitrogen and oxygen atoms in total. The summed E-state index contributed by atoms with van der Waals surface area (Å²) < 4.78 is 26.2. The van der Waals surface area contributed by atoms with E-state index >= 15 is 0 Å². The SMILES string of the molecule is Cc1c(NC2CCC(F)(F)CC2)nc(Cl)nc1C(=O)O. The van der Waals surface area contributed by atoms with Gasteiger partial charge in [0.15, 0.2) is 5.69 Å². The third-order valence-corrected chi connectivity index (χ3v) is 3.55. The van der Waals surface area contributed by atoms with E-state index in [0.717, 1.165) is 0 Å². The number of carboxylic acid groups (broad SMARTS) is 1. The molecule has 0 spiro atoms. The third-order valence-electron chi connectivity index (χ3n) is 3.38. The van der Waals surface area contributed by atoms with E-state index in [-0.39, 0.29) is 35.7 Å². The summed E-state index contributed by atoms with van der Waals surface area (Å²) in [6.45, 7) is 1.56. The number of halogens is 3. The van der Waals surface area contributed by atoms with Crippen LogP contribution < -0.4 is 5.32 Å². The second kappa shape index (κ2) is 5.47. The minimum Gasteiger partial charge on any atom is -0.476 e. The van der Waals surface area contributed by atoms with Crippen LogP contribution in [-0.4, -0.2) is 33.0 Å². The fourth-order valence-corrected chi connectivity index (χ4v) is 2.38. The molecule has 0 unspecified atom stereocenters. The van der Waals surface area contributed by atoms with E-state index in [1.807, 2.05) is 0 Å². The van der Waals surface area contributed by atoms with Crippen molar-refractivity contribution < 1.29 is 18.7 Å². The lowest BCUT2D eigenvalue weighted by Crippen LogP contribution is -2.32. The maximum absolute atomic E-state index is 13.1. The normalized spacial score (nSPS) is 18.8. The Morgan fingerprint density at radius 1 is 1.40 bits per heavy atom. The number of hydrogen-bond acceptors (Lipinski definition) is 4. The molecule has 8 heteroatoms. The van der Waals surface area contributed by atoms with E-state index in [0.29, 0.717) is 18.4 Å². The highest BCUT2D eigenvalue weighted by molar-refractivity contribution is 6.28. The van der Waals surface area contributed by atoms with E-state index in [1.54, 1.807) is 6.92 Å². The number of nitrogens with zero attached hydrogens (tertiary/aromatic N) is 2. The lowest BCUT2D eigenvalue weighted by molar-refractivity contribution is -0.0361. The van der Waals surface area contributed by atoms with Crippen LogP contribution in [0.15, 0.2) is 0 Å². The molecule has 0 saturated heterocycles. The summed E-state index contributed by atoms with van der Waals surface area (Å²) in [5.74, 6) is -3.52. The van der Waals surface area contributed by atoms with Gasteiger partial charge in [0.1, 0.15) is 5.82 Å². The number of aromatic nitrogens is 2. The summed E-state index contributed by atoms with van der Waals surface area (Å²) in [7, 11) is 0. The maximum atomic E-state index is 13.1. The molecular weight excluding hydrogens is 292 g/mol. The van der Waals surface area contributed by atoms with Crippen molar-refractivity contribution in [1.82, 2.24) is 9.97 Å². The highest BCUT2D eigenvalue weighted by Gasteiger charge is 2.35. The first-order valence-electron chi connectivity index (χ1n) is 6.20. The van der Waals surface area contributed by atoms with Crippen molar-refractivity contribution in [1.29, 1.82) is 0 Å². The van der Waals surface area contributed by atoms with E-state index in [4.69, 9.17) is 16.7 Å². The van der Waals surface area contributed by atoms with Gasteiger partial charge in [-0.15, -0.1) is 0 Å². The average molecular weight is 306 g/mol. The molecule has 1 aromatic rings. The van der Waals surface area contributed by atoms with Crippen LogP contribution in [0.4, 0.5) is 14.6 Å². The Balaban J connectivity index is 2.16. The Hall–Kier alpha value is -1.50. The third kappa shape index (κ3) is 3.33. The van der Waals surface area contributed by atoms with Crippen LogP contribution in [0.3, 0.4) is 0 Å². The quantitative estimate of drug-likeness (QED) is 0.839. The van der Waals surface area contributed by atoms with E-state index < -0.39 is 11.9 Å². The number of anilines is 1. The fourth-order valence-electron chi connectivity index (χ4n) is 2.22. The summed E-state index contributed by atoms with van der Waals surface area (Å²) in [5, 5.41) is 11.8. The standard InChI is InChI=1S/C12H14ClF2N3O2/c1-6-8(10(19)20)17-11(13)18-9(6)16-7-2-4-12(14,15)5-3-7/h7H,2-5H2,1H3,(H,19,20)(H,16,17,18). The first kappa shape index (κ1) is 14.9. The topological polar surface area (TPSA) is 75.1 Å². The number of rotatable bonds is 3. The molecule has 2 N–H and O–H groups in total. The van der Waals surface area contributed by atoms with Crippen LogP contribution >= 0.6 is 11.6 Å². The molecule has 1 aliphatic carbocycles. The van der Waals surface area contributed by atoms with E-state index in [1.165, 1.54) is 0 Å². The van der Waals surface area contributed by atoms with Crippen molar-refractivity contribution in [3.8, 4) is 0 Å². The summed E-state index contributed by atoms with van der Waals surface area (Å²) in [6, 6.07) is -0.166. The highest BCUT2D eigenvalue weighted by Crippen LogP contribution is 2.34. The molecule has 0 bridgehead atoms. The van der Waals surface area contributed by atoms with Gasteiger partial charge in [-0.2, -0.15) is 0 Å². The van der Waals surface area contributed by atoms with Gasteiger partial charge in [0.2, 0.25) is 11.2 Å². The Labute approximate surface area is 119 Å². The van der Waals surface area contributed by atoms with Gasteiger partial charge in [-0.25, -0.2) is 23.5 Å². The molecule has 0 aromatic carbocycles. The molecule has 0 amide bonds. The first-order valence-corrected chi connectivity index (χ1v) is 6.58. The van der Waals surface area contributed by atoms with Crippen LogP contribution in [0.25, 0.3) is 0 Å². The molecule has 1 saturated carbocycles. The Morgan fingerprint density at radius 3 is 2.55 bits per heavy atom. The molecule has 1 fully saturated rings. The highest BCUT2D eigenvalue weighted by atomic mass is 35.5. The van der Waals surface area contributed by atoms with Crippen molar-refractivity contribution in [3.05, 3.63) is 16.5 Å². The minimum absolute atomic E-state index is 0.166. The molecule has 110 valence electrons. The van der Waals surface area contributed by atoms with E-state index in [2.05, 4.69) is 15.3 Å². The van der Waals surface area contributed by atoms with Crippen molar-refractivity contribution in [2.45, 2.75) is 44.6 Å². The average Bonchev–Trinajstić information content (AvgIpc) is 2.35. The van der Waals surface area contributed by atoms with Crippen LogP contribution in [0.1, 0.15) is 41.7 Å². The van der Waals surface area contributed by atoms with Gasteiger partial charge < -0.3 is 10.4 Å².